The zero-order valence-corrected chi connectivity index (χ0v) is 20.3. The van der Waals surface area contributed by atoms with Gasteiger partial charge in [-0.1, -0.05) is 61.0 Å². The summed E-state index contributed by atoms with van der Waals surface area (Å²) in [7, 11) is 0. The van der Waals surface area contributed by atoms with Gasteiger partial charge in [0.25, 0.3) is 0 Å². The maximum Gasteiger partial charge on any atom is 0.231 e. The lowest BCUT2D eigenvalue weighted by Crippen LogP contribution is -2.44. The number of carbonyl (C=O) groups excluding carboxylic acids is 1. The Balaban J connectivity index is 1.26. The molecule has 1 N–H and O–H groups in total. The molecule has 178 valence electrons. The number of amides is 1. The first-order valence-electron chi connectivity index (χ1n) is 12.0. The summed E-state index contributed by atoms with van der Waals surface area (Å²) in [5.74, 6) is 2.77. The molecule has 1 aromatic heterocycles. The van der Waals surface area contributed by atoms with Gasteiger partial charge in [0.1, 0.15) is 19.0 Å². The van der Waals surface area contributed by atoms with E-state index in [2.05, 4.69) is 45.2 Å². The van der Waals surface area contributed by atoms with Crippen LogP contribution in [0, 0.1) is 0 Å². The third-order valence-electron chi connectivity index (χ3n) is 6.58. The SMILES string of the molecule is CCn1c(Cc2ccccc2)nnc1SCC(=O)NC1(c2ccc3c(c2)OCCO3)CCCC1. The Morgan fingerprint density at radius 1 is 1.06 bits per heavy atom. The van der Waals surface area contributed by atoms with Crippen molar-refractivity contribution >= 4 is 17.7 Å². The Bertz CT molecular complexity index is 1140. The van der Waals surface area contributed by atoms with Crippen LogP contribution in [0.15, 0.2) is 53.7 Å². The first kappa shape index (κ1) is 22.8. The van der Waals surface area contributed by atoms with Gasteiger partial charge in [-0.15, -0.1) is 10.2 Å². The number of thioether (sulfide) groups is 1. The third kappa shape index (κ3) is 4.78. The van der Waals surface area contributed by atoms with Crippen LogP contribution in [0.4, 0.5) is 0 Å². The predicted molar refractivity (Wildman–Crippen MR) is 131 cm³/mol. The molecule has 5 rings (SSSR count). The summed E-state index contributed by atoms with van der Waals surface area (Å²) in [5, 5.41) is 12.9. The Morgan fingerprint density at radius 2 is 1.82 bits per heavy atom. The van der Waals surface area contributed by atoms with Crippen molar-refractivity contribution < 1.29 is 14.3 Å². The average Bonchev–Trinajstić information content (AvgIpc) is 3.50. The molecule has 2 aliphatic rings. The smallest absolute Gasteiger partial charge is 0.231 e. The lowest BCUT2D eigenvalue weighted by atomic mass is 9.87. The van der Waals surface area contributed by atoms with E-state index in [1.54, 1.807) is 0 Å². The van der Waals surface area contributed by atoms with Crippen LogP contribution in [-0.4, -0.2) is 39.6 Å². The van der Waals surface area contributed by atoms with E-state index in [0.717, 1.165) is 66.7 Å². The molecule has 3 aromatic rings. The van der Waals surface area contributed by atoms with Crippen molar-refractivity contribution in [1.29, 1.82) is 0 Å². The molecule has 7 nitrogen and oxygen atoms in total. The number of fused-ring (bicyclic) bond motifs is 1. The number of nitrogens with zero attached hydrogens (tertiary/aromatic N) is 3. The molecule has 0 radical (unpaired) electrons. The molecule has 1 aliphatic carbocycles. The van der Waals surface area contributed by atoms with E-state index in [0.29, 0.717) is 19.0 Å². The standard InChI is InChI=1S/C26H30N4O3S/c1-2-30-23(16-19-8-4-3-5-9-19)28-29-25(30)34-18-24(31)27-26(12-6-7-13-26)20-10-11-21-22(17-20)33-15-14-32-21/h3-5,8-11,17H,2,6-7,12-16,18H2,1H3,(H,27,31). The maximum atomic E-state index is 13.1. The number of hydrogen-bond acceptors (Lipinski definition) is 6. The summed E-state index contributed by atoms with van der Waals surface area (Å²) in [5.41, 5.74) is 1.93. The lowest BCUT2D eigenvalue weighted by molar-refractivity contribution is -0.120. The fraction of sp³-hybridized carbons (Fsp3) is 0.423. The monoisotopic (exact) mass is 478 g/mol. The average molecular weight is 479 g/mol. The number of ether oxygens (including phenoxy) is 2. The van der Waals surface area contributed by atoms with Gasteiger partial charge in [-0.2, -0.15) is 0 Å². The minimum Gasteiger partial charge on any atom is -0.486 e. The van der Waals surface area contributed by atoms with Crippen LogP contribution in [0.25, 0.3) is 0 Å². The summed E-state index contributed by atoms with van der Waals surface area (Å²) >= 11 is 1.44. The molecule has 0 unspecified atom stereocenters. The normalized spacial score (nSPS) is 16.4. The molecule has 0 saturated heterocycles. The van der Waals surface area contributed by atoms with Crippen molar-refractivity contribution in [3.05, 3.63) is 65.5 Å². The van der Waals surface area contributed by atoms with Crippen molar-refractivity contribution in [3.63, 3.8) is 0 Å². The van der Waals surface area contributed by atoms with Crippen molar-refractivity contribution in [1.82, 2.24) is 20.1 Å². The predicted octanol–water partition coefficient (Wildman–Crippen LogP) is 4.34. The van der Waals surface area contributed by atoms with Gasteiger partial charge in [0.2, 0.25) is 5.91 Å². The number of nitrogens with one attached hydrogen (secondary N) is 1. The van der Waals surface area contributed by atoms with Gasteiger partial charge in [0.15, 0.2) is 16.7 Å². The van der Waals surface area contributed by atoms with Crippen LogP contribution < -0.4 is 14.8 Å². The molecule has 8 heteroatoms. The van der Waals surface area contributed by atoms with Gasteiger partial charge < -0.3 is 19.4 Å². The molecule has 1 amide bonds. The first-order chi connectivity index (χ1) is 16.7. The zero-order chi connectivity index (χ0) is 23.4. The second-order valence-corrected chi connectivity index (χ2v) is 9.73. The molecule has 1 fully saturated rings. The molecular formula is C26H30N4O3S. The number of benzene rings is 2. The van der Waals surface area contributed by atoms with Crippen LogP contribution in [0.1, 0.15) is 49.6 Å². The number of carbonyl (C=O) groups is 1. The van der Waals surface area contributed by atoms with Crippen molar-refractivity contribution in [2.75, 3.05) is 19.0 Å². The van der Waals surface area contributed by atoms with Gasteiger partial charge in [-0.25, -0.2) is 0 Å². The lowest BCUT2D eigenvalue weighted by Gasteiger charge is -2.32. The number of hydrogen-bond donors (Lipinski definition) is 1. The quantitative estimate of drug-likeness (QED) is 0.486. The van der Waals surface area contributed by atoms with Gasteiger partial charge in [0, 0.05) is 13.0 Å². The van der Waals surface area contributed by atoms with Crippen LogP contribution in [0.5, 0.6) is 11.5 Å². The number of rotatable bonds is 8. The second-order valence-electron chi connectivity index (χ2n) is 8.79. The van der Waals surface area contributed by atoms with Crippen LogP contribution in [0.3, 0.4) is 0 Å². The van der Waals surface area contributed by atoms with Crippen LogP contribution in [-0.2, 0) is 23.3 Å². The van der Waals surface area contributed by atoms with E-state index in [1.807, 2.05) is 30.3 Å². The van der Waals surface area contributed by atoms with Gasteiger partial charge in [0.05, 0.1) is 11.3 Å². The Kier molecular flexibility index (Phi) is 6.76. The van der Waals surface area contributed by atoms with Gasteiger partial charge in [-0.05, 0) is 43.0 Å². The van der Waals surface area contributed by atoms with Gasteiger partial charge >= 0.3 is 0 Å². The van der Waals surface area contributed by atoms with Crippen molar-refractivity contribution in [2.45, 2.75) is 56.3 Å². The Morgan fingerprint density at radius 3 is 2.59 bits per heavy atom. The van der Waals surface area contributed by atoms with Crippen LogP contribution >= 0.6 is 11.8 Å². The van der Waals surface area contributed by atoms with E-state index in [1.165, 1.54) is 17.3 Å². The topological polar surface area (TPSA) is 78.3 Å². The molecular weight excluding hydrogens is 448 g/mol. The highest BCUT2D eigenvalue weighted by molar-refractivity contribution is 7.99. The Labute approximate surface area is 204 Å². The molecule has 0 bridgehead atoms. The van der Waals surface area contributed by atoms with Gasteiger partial charge in [-0.3, -0.25) is 4.79 Å². The van der Waals surface area contributed by atoms with E-state index < -0.39 is 0 Å². The van der Waals surface area contributed by atoms with E-state index in [-0.39, 0.29) is 11.4 Å². The van der Waals surface area contributed by atoms with Crippen LogP contribution in [0.2, 0.25) is 0 Å². The molecule has 2 heterocycles. The summed E-state index contributed by atoms with van der Waals surface area (Å²) < 4.78 is 13.6. The fourth-order valence-electron chi connectivity index (χ4n) is 4.89. The first-order valence-corrected chi connectivity index (χ1v) is 13.0. The second kappa shape index (κ2) is 10.1. The van der Waals surface area contributed by atoms with Crippen molar-refractivity contribution in [2.24, 2.45) is 0 Å². The van der Waals surface area contributed by atoms with E-state index >= 15 is 0 Å². The molecule has 34 heavy (non-hydrogen) atoms. The summed E-state index contributed by atoms with van der Waals surface area (Å²) in [6, 6.07) is 16.3. The molecule has 0 atom stereocenters. The maximum absolute atomic E-state index is 13.1. The zero-order valence-electron chi connectivity index (χ0n) is 19.5. The highest BCUT2D eigenvalue weighted by Gasteiger charge is 2.38. The molecule has 0 spiro atoms. The third-order valence-corrected chi connectivity index (χ3v) is 7.54. The summed E-state index contributed by atoms with van der Waals surface area (Å²) in [6.45, 7) is 3.97. The fourth-order valence-corrected chi connectivity index (χ4v) is 5.71. The largest absolute Gasteiger partial charge is 0.486 e. The minimum absolute atomic E-state index is 0.0112. The summed E-state index contributed by atoms with van der Waals surface area (Å²) in [4.78, 5) is 13.1. The van der Waals surface area contributed by atoms with Crippen molar-refractivity contribution in [3.8, 4) is 11.5 Å². The Hall–Kier alpha value is -3.00. The highest BCUT2D eigenvalue weighted by Crippen LogP contribution is 2.42. The summed E-state index contributed by atoms with van der Waals surface area (Å²) in [6.07, 6.45) is 4.76. The molecule has 1 aliphatic heterocycles. The van der Waals surface area contributed by atoms with E-state index in [9.17, 15) is 4.79 Å². The number of aromatic nitrogens is 3. The highest BCUT2D eigenvalue weighted by atomic mass is 32.2. The minimum atomic E-state index is -0.357. The van der Waals surface area contributed by atoms with E-state index in [4.69, 9.17) is 9.47 Å². The molecule has 2 aromatic carbocycles. The molecule has 1 saturated carbocycles.